The molecular weight excluding hydrogens is 220 g/mol. The molecular formula is C10H20N6O. The second kappa shape index (κ2) is 7.61. The van der Waals surface area contributed by atoms with Gasteiger partial charge in [-0.1, -0.05) is 26.2 Å². The zero-order valence-corrected chi connectivity index (χ0v) is 10.3. The number of rotatable bonds is 8. The Bertz CT molecular complexity index is 310. The summed E-state index contributed by atoms with van der Waals surface area (Å²) >= 11 is 0. The lowest BCUT2D eigenvalue weighted by atomic mass is 10.2. The Morgan fingerprint density at radius 3 is 2.35 bits per heavy atom. The van der Waals surface area contributed by atoms with E-state index >= 15 is 0 Å². The van der Waals surface area contributed by atoms with E-state index in [2.05, 4.69) is 32.5 Å². The van der Waals surface area contributed by atoms with Crippen molar-refractivity contribution in [2.24, 2.45) is 0 Å². The van der Waals surface area contributed by atoms with E-state index in [-0.39, 0.29) is 5.95 Å². The van der Waals surface area contributed by atoms with Crippen LogP contribution in [0.2, 0.25) is 0 Å². The first-order chi connectivity index (χ1) is 8.30. The molecule has 0 aliphatic carbocycles. The van der Waals surface area contributed by atoms with Crippen molar-refractivity contribution in [1.82, 2.24) is 15.0 Å². The van der Waals surface area contributed by atoms with E-state index in [1.807, 2.05) is 5.48 Å². The molecule has 0 aliphatic rings. The van der Waals surface area contributed by atoms with Crippen molar-refractivity contribution in [3.63, 3.8) is 0 Å². The molecule has 1 aromatic rings. The molecule has 7 heteroatoms. The minimum atomic E-state index is 0.125. The highest BCUT2D eigenvalue weighted by Crippen LogP contribution is 2.08. The molecule has 4 N–H and O–H groups in total. The van der Waals surface area contributed by atoms with E-state index in [9.17, 15) is 0 Å². The predicted molar refractivity (Wildman–Crippen MR) is 67.4 cm³/mol. The topological polar surface area (TPSA) is 95.0 Å². The van der Waals surface area contributed by atoms with Crippen molar-refractivity contribution < 1.29 is 5.21 Å². The lowest BCUT2D eigenvalue weighted by molar-refractivity contribution is 0.382. The van der Waals surface area contributed by atoms with Gasteiger partial charge < -0.3 is 10.6 Å². The van der Waals surface area contributed by atoms with Gasteiger partial charge in [0.1, 0.15) is 0 Å². The smallest absolute Gasteiger partial charge is 0.253 e. The van der Waals surface area contributed by atoms with Crippen LogP contribution in [0.25, 0.3) is 0 Å². The van der Waals surface area contributed by atoms with Gasteiger partial charge in [-0.05, 0) is 6.42 Å². The SMILES string of the molecule is CCCCCCNc1nc(NC)nc(NO)n1. The molecule has 0 radical (unpaired) electrons. The van der Waals surface area contributed by atoms with Crippen molar-refractivity contribution >= 4 is 17.8 Å². The number of nitrogens with zero attached hydrogens (tertiary/aromatic N) is 3. The molecule has 0 spiro atoms. The maximum atomic E-state index is 8.77. The van der Waals surface area contributed by atoms with Gasteiger partial charge in [-0.2, -0.15) is 15.0 Å². The average Bonchev–Trinajstić information content (AvgIpc) is 2.38. The molecule has 0 unspecified atom stereocenters. The van der Waals surface area contributed by atoms with Gasteiger partial charge in [0.2, 0.25) is 11.9 Å². The molecule has 17 heavy (non-hydrogen) atoms. The monoisotopic (exact) mass is 240 g/mol. The zero-order chi connectivity index (χ0) is 12.5. The highest BCUT2D eigenvalue weighted by molar-refractivity contribution is 5.40. The summed E-state index contributed by atoms with van der Waals surface area (Å²) in [5, 5.41) is 14.7. The third kappa shape index (κ3) is 4.81. The van der Waals surface area contributed by atoms with Crippen LogP contribution in [0.1, 0.15) is 32.6 Å². The van der Waals surface area contributed by atoms with Crippen LogP contribution in [-0.2, 0) is 0 Å². The predicted octanol–water partition coefficient (Wildman–Crippen LogP) is 1.71. The van der Waals surface area contributed by atoms with Crippen LogP contribution in [0.15, 0.2) is 0 Å². The van der Waals surface area contributed by atoms with Gasteiger partial charge in [0.15, 0.2) is 0 Å². The normalized spacial score (nSPS) is 10.1. The summed E-state index contributed by atoms with van der Waals surface area (Å²) < 4.78 is 0. The van der Waals surface area contributed by atoms with E-state index in [1.54, 1.807) is 7.05 Å². The summed E-state index contributed by atoms with van der Waals surface area (Å²) in [6.07, 6.45) is 4.73. The second-order valence-electron chi connectivity index (χ2n) is 3.66. The maximum absolute atomic E-state index is 8.77. The number of aromatic nitrogens is 3. The lowest BCUT2D eigenvalue weighted by Gasteiger charge is -2.07. The van der Waals surface area contributed by atoms with Crippen molar-refractivity contribution in [3.8, 4) is 0 Å². The summed E-state index contributed by atoms with van der Waals surface area (Å²) in [4.78, 5) is 12.0. The fourth-order valence-electron chi connectivity index (χ4n) is 1.37. The molecule has 0 saturated carbocycles. The van der Waals surface area contributed by atoms with Gasteiger partial charge >= 0.3 is 0 Å². The van der Waals surface area contributed by atoms with Gasteiger partial charge in [0.25, 0.3) is 5.95 Å². The Morgan fingerprint density at radius 1 is 1.00 bits per heavy atom. The summed E-state index contributed by atoms with van der Waals surface area (Å²) in [5.41, 5.74) is 1.91. The standard InChI is InChI=1S/C10H20N6O/c1-3-4-5-6-7-12-9-13-8(11-2)14-10(15-9)16-17/h17H,3-7H2,1-2H3,(H3,11,12,13,14,15,16). The largest absolute Gasteiger partial charge is 0.357 e. The van der Waals surface area contributed by atoms with Gasteiger partial charge in [-0.3, -0.25) is 5.21 Å². The van der Waals surface area contributed by atoms with E-state index in [0.717, 1.165) is 13.0 Å². The molecule has 1 aromatic heterocycles. The maximum Gasteiger partial charge on any atom is 0.253 e. The Kier molecular flexibility index (Phi) is 6.02. The molecule has 0 bridgehead atoms. The fourth-order valence-corrected chi connectivity index (χ4v) is 1.37. The quantitative estimate of drug-likeness (QED) is 0.406. The number of hydrogen-bond donors (Lipinski definition) is 4. The molecule has 0 aliphatic heterocycles. The molecule has 0 atom stereocenters. The van der Waals surface area contributed by atoms with Crippen LogP contribution in [0.4, 0.5) is 17.8 Å². The van der Waals surface area contributed by atoms with Crippen molar-refractivity contribution in [2.75, 3.05) is 29.7 Å². The molecule has 0 aromatic carbocycles. The van der Waals surface area contributed by atoms with Gasteiger partial charge in [0.05, 0.1) is 0 Å². The van der Waals surface area contributed by atoms with Crippen molar-refractivity contribution in [3.05, 3.63) is 0 Å². The zero-order valence-electron chi connectivity index (χ0n) is 10.3. The molecule has 0 amide bonds. The molecule has 96 valence electrons. The lowest BCUT2D eigenvalue weighted by Crippen LogP contribution is -2.10. The number of unbranched alkanes of at least 4 members (excludes halogenated alkanes) is 3. The van der Waals surface area contributed by atoms with E-state index < -0.39 is 0 Å². The fraction of sp³-hybridized carbons (Fsp3) is 0.700. The summed E-state index contributed by atoms with van der Waals surface area (Å²) in [6.45, 7) is 3.00. The summed E-state index contributed by atoms with van der Waals surface area (Å²) in [5.74, 6) is 0.991. The molecule has 1 heterocycles. The van der Waals surface area contributed by atoms with Crippen LogP contribution in [0.5, 0.6) is 0 Å². The number of hydrogen-bond acceptors (Lipinski definition) is 7. The third-order valence-electron chi connectivity index (χ3n) is 2.27. The Hall–Kier alpha value is -1.63. The van der Waals surface area contributed by atoms with Crippen LogP contribution >= 0.6 is 0 Å². The number of anilines is 3. The highest BCUT2D eigenvalue weighted by atomic mass is 16.5. The molecule has 0 saturated heterocycles. The van der Waals surface area contributed by atoms with Crippen LogP contribution in [-0.4, -0.2) is 33.8 Å². The molecule has 7 nitrogen and oxygen atoms in total. The first kappa shape index (κ1) is 13.4. The average molecular weight is 240 g/mol. The van der Waals surface area contributed by atoms with Crippen LogP contribution < -0.4 is 16.1 Å². The summed E-state index contributed by atoms with van der Waals surface area (Å²) in [6, 6.07) is 0. The third-order valence-corrected chi connectivity index (χ3v) is 2.27. The van der Waals surface area contributed by atoms with Gasteiger partial charge in [-0.25, -0.2) is 5.48 Å². The van der Waals surface area contributed by atoms with E-state index in [0.29, 0.717) is 11.9 Å². The minimum absolute atomic E-state index is 0.125. The summed E-state index contributed by atoms with van der Waals surface area (Å²) in [7, 11) is 1.71. The van der Waals surface area contributed by atoms with E-state index in [1.165, 1.54) is 19.3 Å². The Labute approximate surface area is 101 Å². The van der Waals surface area contributed by atoms with Crippen molar-refractivity contribution in [2.45, 2.75) is 32.6 Å². The Balaban J connectivity index is 2.46. The molecule has 1 rings (SSSR count). The highest BCUT2D eigenvalue weighted by Gasteiger charge is 2.03. The molecule has 0 fully saturated rings. The van der Waals surface area contributed by atoms with Gasteiger partial charge in [-0.15, -0.1) is 0 Å². The first-order valence-electron chi connectivity index (χ1n) is 5.88. The second-order valence-corrected chi connectivity index (χ2v) is 3.66. The van der Waals surface area contributed by atoms with Crippen LogP contribution in [0.3, 0.4) is 0 Å². The van der Waals surface area contributed by atoms with E-state index in [4.69, 9.17) is 5.21 Å². The first-order valence-corrected chi connectivity index (χ1v) is 5.88. The van der Waals surface area contributed by atoms with Crippen LogP contribution in [0, 0.1) is 0 Å². The minimum Gasteiger partial charge on any atom is -0.357 e. The van der Waals surface area contributed by atoms with Gasteiger partial charge in [0, 0.05) is 13.6 Å². The Morgan fingerprint density at radius 2 is 1.71 bits per heavy atom. The number of nitrogens with one attached hydrogen (secondary N) is 3. The van der Waals surface area contributed by atoms with Crippen molar-refractivity contribution in [1.29, 1.82) is 0 Å².